The number of allylic oxidation sites excluding steroid dienone is 1. The van der Waals surface area contributed by atoms with Gasteiger partial charge in [-0.2, -0.15) is 0 Å². The van der Waals surface area contributed by atoms with E-state index in [2.05, 4.69) is 0 Å². The van der Waals surface area contributed by atoms with Gasteiger partial charge in [-0.25, -0.2) is 0 Å². The number of carbonyl (C=O) groups is 1. The summed E-state index contributed by atoms with van der Waals surface area (Å²) in [6.45, 7) is 0. The van der Waals surface area contributed by atoms with Crippen molar-refractivity contribution in [1.29, 1.82) is 0 Å². The number of nitro benzene ring substituents is 1. The molecule has 0 aliphatic heterocycles. The van der Waals surface area contributed by atoms with Gasteiger partial charge in [0, 0.05) is 16.7 Å². The van der Waals surface area contributed by atoms with E-state index in [-0.39, 0.29) is 5.78 Å². The first kappa shape index (κ1) is 14.7. The molecule has 6 heteroatoms. The number of hydrogen-bond acceptors (Lipinski definition) is 4. The predicted molar refractivity (Wildman–Crippen MR) is 77.4 cm³/mol. The van der Waals surface area contributed by atoms with Crippen molar-refractivity contribution in [2.24, 2.45) is 0 Å². The van der Waals surface area contributed by atoms with Crippen LogP contribution in [0.2, 0.25) is 5.02 Å². The summed E-state index contributed by atoms with van der Waals surface area (Å²) in [5.74, 6) is -0.929. The summed E-state index contributed by atoms with van der Waals surface area (Å²) in [6.07, 6.45) is 2.70. The number of benzene rings is 2. The standard InChI is InChI=1S/C15H10ClNO4/c16-12-5-3-11(4-6-12)14(18)7-1-10-2-8-15(19)13(9-10)17(20)21/h1-9,19H/p-1/b7-1+. The molecule has 2 aromatic rings. The quantitative estimate of drug-likeness (QED) is 0.376. The summed E-state index contributed by atoms with van der Waals surface area (Å²) in [4.78, 5) is 21.8. The molecule has 0 aliphatic carbocycles. The maximum absolute atomic E-state index is 11.9. The van der Waals surface area contributed by atoms with Crippen molar-refractivity contribution in [3.8, 4) is 5.75 Å². The fourth-order valence-corrected chi connectivity index (χ4v) is 1.79. The van der Waals surface area contributed by atoms with Crippen molar-refractivity contribution in [2.45, 2.75) is 0 Å². The van der Waals surface area contributed by atoms with Gasteiger partial charge in [-0.3, -0.25) is 14.9 Å². The molecule has 2 aromatic carbocycles. The molecule has 2 rings (SSSR count). The lowest BCUT2D eigenvalue weighted by Gasteiger charge is -2.06. The zero-order valence-corrected chi connectivity index (χ0v) is 11.4. The molecule has 0 saturated heterocycles. The van der Waals surface area contributed by atoms with Crippen molar-refractivity contribution in [1.82, 2.24) is 0 Å². The van der Waals surface area contributed by atoms with Gasteiger partial charge in [0.05, 0.1) is 4.92 Å². The third kappa shape index (κ3) is 3.67. The SMILES string of the molecule is O=C(/C=C/c1ccc([O-])c([N+](=O)[O-])c1)c1ccc(Cl)cc1. The second kappa shape index (κ2) is 6.19. The van der Waals surface area contributed by atoms with Crippen LogP contribution in [0.5, 0.6) is 5.75 Å². The molecule has 0 radical (unpaired) electrons. The Bertz CT molecular complexity index is 723. The van der Waals surface area contributed by atoms with Crippen molar-refractivity contribution in [2.75, 3.05) is 0 Å². The monoisotopic (exact) mass is 302 g/mol. The van der Waals surface area contributed by atoms with E-state index in [1.807, 2.05) is 0 Å². The average Bonchev–Trinajstić information content (AvgIpc) is 2.46. The Morgan fingerprint density at radius 2 is 1.81 bits per heavy atom. The highest BCUT2D eigenvalue weighted by molar-refractivity contribution is 6.30. The van der Waals surface area contributed by atoms with Crippen LogP contribution in [0.3, 0.4) is 0 Å². The van der Waals surface area contributed by atoms with Crippen LogP contribution < -0.4 is 5.11 Å². The smallest absolute Gasteiger partial charge is 0.262 e. The minimum Gasteiger partial charge on any atom is -0.868 e. The van der Waals surface area contributed by atoms with Crippen molar-refractivity contribution < 1.29 is 14.8 Å². The molecule has 0 unspecified atom stereocenters. The lowest BCUT2D eigenvalue weighted by molar-refractivity contribution is -0.398. The number of rotatable bonds is 4. The Morgan fingerprint density at radius 3 is 2.43 bits per heavy atom. The van der Waals surface area contributed by atoms with Gasteiger partial charge < -0.3 is 5.11 Å². The van der Waals surface area contributed by atoms with Crippen molar-refractivity contribution in [3.63, 3.8) is 0 Å². The fourth-order valence-electron chi connectivity index (χ4n) is 1.66. The Kier molecular flexibility index (Phi) is 4.35. The highest BCUT2D eigenvalue weighted by Gasteiger charge is 2.07. The number of nitro groups is 1. The molecule has 0 heterocycles. The largest absolute Gasteiger partial charge is 0.868 e. The molecular formula is C15H9ClNO4-. The number of halogens is 1. The van der Waals surface area contributed by atoms with Gasteiger partial charge in [-0.15, -0.1) is 0 Å². The second-order valence-corrected chi connectivity index (χ2v) is 4.63. The van der Waals surface area contributed by atoms with Crippen LogP contribution in [-0.4, -0.2) is 10.7 Å². The van der Waals surface area contributed by atoms with Crippen molar-refractivity contribution in [3.05, 3.63) is 74.8 Å². The second-order valence-electron chi connectivity index (χ2n) is 4.19. The number of hydrogen-bond donors (Lipinski definition) is 0. The zero-order valence-electron chi connectivity index (χ0n) is 10.7. The topological polar surface area (TPSA) is 83.3 Å². The first-order valence-corrected chi connectivity index (χ1v) is 6.28. The Labute approximate surface area is 125 Å². The molecule has 0 fully saturated rings. The maximum Gasteiger partial charge on any atom is 0.262 e. The van der Waals surface area contributed by atoms with Gasteiger partial charge in [0.25, 0.3) is 5.69 Å². The van der Waals surface area contributed by atoms with Gasteiger partial charge in [0.15, 0.2) is 5.78 Å². The summed E-state index contributed by atoms with van der Waals surface area (Å²) in [6, 6.07) is 10.0. The molecule has 0 N–H and O–H groups in total. The number of ketones is 1. The van der Waals surface area contributed by atoms with Crippen LogP contribution in [0, 0.1) is 10.1 Å². The van der Waals surface area contributed by atoms with E-state index in [9.17, 15) is 20.0 Å². The van der Waals surface area contributed by atoms with Crippen LogP contribution in [0.4, 0.5) is 5.69 Å². The lowest BCUT2D eigenvalue weighted by atomic mass is 10.1. The Balaban J connectivity index is 2.21. The summed E-state index contributed by atoms with van der Waals surface area (Å²) in [5.41, 5.74) is 0.338. The molecular weight excluding hydrogens is 294 g/mol. The minimum absolute atomic E-state index is 0.263. The van der Waals surface area contributed by atoms with Crippen molar-refractivity contribution >= 4 is 29.1 Å². The fraction of sp³-hybridized carbons (Fsp3) is 0. The Hall–Kier alpha value is -2.66. The van der Waals surface area contributed by atoms with Crippen LogP contribution in [0.15, 0.2) is 48.5 Å². The molecule has 0 aromatic heterocycles. The summed E-state index contributed by atoms with van der Waals surface area (Å²) < 4.78 is 0. The van der Waals surface area contributed by atoms with E-state index >= 15 is 0 Å². The molecule has 0 aliphatic rings. The summed E-state index contributed by atoms with van der Waals surface area (Å²) >= 11 is 5.73. The van der Waals surface area contributed by atoms with Gasteiger partial charge in [-0.05, 0) is 41.7 Å². The number of carbonyl (C=O) groups excluding carboxylic acids is 1. The molecule has 0 saturated carbocycles. The van der Waals surface area contributed by atoms with Gasteiger partial charge in [0.1, 0.15) is 0 Å². The number of nitrogens with zero attached hydrogens (tertiary/aromatic N) is 1. The third-order valence-electron chi connectivity index (χ3n) is 2.74. The van der Waals surface area contributed by atoms with Crippen LogP contribution in [-0.2, 0) is 0 Å². The molecule has 0 spiro atoms. The van der Waals surface area contributed by atoms with Gasteiger partial charge in [0.2, 0.25) is 0 Å². The molecule has 5 nitrogen and oxygen atoms in total. The molecule has 0 bridgehead atoms. The zero-order chi connectivity index (χ0) is 15.4. The molecule has 0 atom stereocenters. The van der Waals surface area contributed by atoms with Crippen LogP contribution in [0.25, 0.3) is 6.08 Å². The van der Waals surface area contributed by atoms with Crippen LogP contribution in [0.1, 0.15) is 15.9 Å². The normalized spacial score (nSPS) is 10.7. The summed E-state index contributed by atoms with van der Waals surface area (Å²) in [7, 11) is 0. The van der Waals surface area contributed by atoms with Gasteiger partial charge in [-0.1, -0.05) is 29.8 Å². The Morgan fingerprint density at radius 1 is 1.14 bits per heavy atom. The van der Waals surface area contributed by atoms with E-state index in [1.54, 1.807) is 24.3 Å². The summed E-state index contributed by atoms with van der Waals surface area (Å²) in [5, 5.41) is 22.5. The van der Waals surface area contributed by atoms with E-state index < -0.39 is 16.4 Å². The minimum atomic E-state index is -0.749. The highest BCUT2D eigenvalue weighted by Crippen LogP contribution is 2.24. The highest BCUT2D eigenvalue weighted by atomic mass is 35.5. The van der Waals surface area contributed by atoms with Gasteiger partial charge >= 0.3 is 0 Å². The lowest BCUT2D eigenvalue weighted by Crippen LogP contribution is -1.98. The average molecular weight is 303 g/mol. The third-order valence-corrected chi connectivity index (χ3v) is 2.99. The van der Waals surface area contributed by atoms with E-state index in [4.69, 9.17) is 11.6 Å². The molecule has 0 amide bonds. The first-order chi connectivity index (χ1) is 9.97. The maximum atomic E-state index is 11.9. The first-order valence-electron chi connectivity index (χ1n) is 5.91. The van der Waals surface area contributed by atoms with Crippen LogP contribution >= 0.6 is 11.6 Å². The van der Waals surface area contributed by atoms with E-state index in [1.165, 1.54) is 18.2 Å². The molecule has 106 valence electrons. The van der Waals surface area contributed by atoms with E-state index in [0.29, 0.717) is 16.1 Å². The van der Waals surface area contributed by atoms with E-state index in [0.717, 1.165) is 12.1 Å². The molecule has 21 heavy (non-hydrogen) atoms. The predicted octanol–water partition coefficient (Wildman–Crippen LogP) is 3.22.